The van der Waals surface area contributed by atoms with Gasteiger partial charge in [-0.05, 0) is 72.6 Å². The summed E-state index contributed by atoms with van der Waals surface area (Å²) in [6.45, 7) is 1.32. The Hall–Kier alpha value is -2.65. The normalized spacial score (nSPS) is 15.0. The summed E-state index contributed by atoms with van der Waals surface area (Å²) >= 11 is 8.22. The zero-order valence-electron chi connectivity index (χ0n) is 16.9. The fourth-order valence-electron chi connectivity index (χ4n) is 3.43. The van der Waals surface area contributed by atoms with Gasteiger partial charge in [0.15, 0.2) is 0 Å². The van der Waals surface area contributed by atoms with Crippen molar-refractivity contribution in [2.45, 2.75) is 4.90 Å². The number of anilines is 2. The minimum absolute atomic E-state index is 0.552. The number of nitrogens with one attached hydrogen (secondary N) is 1. The van der Waals surface area contributed by atoms with E-state index in [1.807, 2.05) is 54.6 Å². The predicted molar refractivity (Wildman–Crippen MR) is 132 cm³/mol. The van der Waals surface area contributed by atoms with Crippen molar-refractivity contribution in [3.8, 4) is 11.3 Å². The molecule has 162 valence electrons. The van der Waals surface area contributed by atoms with Crippen LogP contribution in [0.1, 0.15) is 0 Å². The van der Waals surface area contributed by atoms with E-state index in [1.165, 1.54) is 0 Å². The Morgan fingerprint density at radius 2 is 1.94 bits per heavy atom. The summed E-state index contributed by atoms with van der Waals surface area (Å²) in [5.74, 6) is 0.926. The molecule has 1 fully saturated rings. The molecular weight excluding hydrogens is 464 g/mol. The SMILES string of the molecule is O=S(Nc1ccc(Cl)c(-c2nccc3ncccc23)c1)c1ccc(N2COCCS2)cc1. The van der Waals surface area contributed by atoms with Crippen LogP contribution in [-0.2, 0) is 15.7 Å². The molecule has 1 aliphatic rings. The maximum atomic E-state index is 12.9. The van der Waals surface area contributed by atoms with E-state index in [0.29, 0.717) is 22.3 Å². The van der Waals surface area contributed by atoms with Gasteiger partial charge in [-0.15, -0.1) is 0 Å². The molecule has 1 N–H and O–H groups in total. The van der Waals surface area contributed by atoms with E-state index in [4.69, 9.17) is 16.3 Å². The van der Waals surface area contributed by atoms with Crippen LogP contribution in [0, 0.1) is 0 Å². The largest absolute Gasteiger partial charge is 0.359 e. The van der Waals surface area contributed by atoms with Gasteiger partial charge in [-0.3, -0.25) is 14.3 Å². The van der Waals surface area contributed by atoms with E-state index < -0.39 is 11.0 Å². The van der Waals surface area contributed by atoms with E-state index in [0.717, 1.165) is 40.2 Å². The number of hydrogen-bond donors (Lipinski definition) is 1. The molecule has 0 amide bonds. The van der Waals surface area contributed by atoms with Gasteiger partial charge >= 0.3 is 0 Å². The Bertz CT molecular complexity index is 1280. The molecule has 3 heterocycles. The highest BCUT2D eigenvalue weighted by molar-refractivity contribution is 8.00. The highest BCUT2D eigenvalue weighted by Crippen LogP contribution is 2.34. The Morgan fingerprint density at radius 1 is 1.06 bits per heavy atom. The molecule has 1 atom stereocenters. The molecule has 5 rings (SSSR count). The van der Waals surface area contributed by atoms with Crippen molar-refractivity contribution in [1.82, 2.24) is 9.97 Å². The van der Waals surface area contributed by atoms with Gasteiger partial charge in [-0.1, -0.05) is 11.6 Å². The summed E-state index contributed by atoms with van der Waals surface area (Å²) in [6.07, 6.45) is 3.46. The second-order valence-electron chi connectivity index (χ2n) is 7.04. The zero-order valence-corrected chi connectivity index (χ0v) is 19.3. The van der Waals surface area contributed by atoms with Gasteiger partial charge in [0.2, 0.25) is 0 Å². The van der Waals surface area contributed by atoms with Crippen LogP contribution < -0.4 is 9.03 Å². The molecule has 0 spiro atoms. The zero-order chi connectivity index (χ0) is 21.9. The molecule has 4 aromatic rings. The highest BCUT2D eigenvalue weighted by atomic mass is 35.5. The molecular formula is C23H19ClN4O2S2. The van der Waals surface area contributed by atoms with E-state index in [-0.39, 0.29) is 0 Å². The molecule has 0 saturated carbocycles. The molecule has 2 aromatic heterocycles. The molecule has 6 nitrogen and oxygen atoms in total. The van der Waals surface area contributed by atoms with Crippen LogP contribution in [0.15, 0.2) is 78.0 Å². The number of rotatable bonds is 5. The average Bonchev–Trinajstić information content (AvgIpc) is 2.85. The number of fused-ring (bicyclic) bond motifs is 1. The lowest BCUT2D eigenvalue weighted by atomic mass is 10.1. The van der Waals surface area contributed by atoms with Gasteiger partial charge < -0.3 is 9.46 Å². The number of halogens is 1. The first-order chi connectivity index (χ1) is 15.7. The van der Waals surface area contributed by atoms with Crippen LogP contribution in [0.3, 0.4) is 0 Å². The van der Waals surface area contributed by atoms with Crippen molar-refractivity contribution in [2.75, 3.05) is 28.1 Å². The molecule has 0 radical (unpaired) electrons. The second-order valence-corrected chi connectivity index (χ2v) is 9.77. The van der Waals surface area contributed by atoms with Crippen molar-refractivity contribution in [2.24, 2.45) is 0 Å². The van der Waals surface area contributed by atoms with Crippen LogP contribution >= 0.6 is 23.5 Å². The van der Waals surface area contributed by atoms with E-state index in [1.54, 1.807) is 30.4 Å². The maximum absolute atomic E-state index is 12.9. The molecule has 1 aliphatic heterocycles. The lowest BCUT2D eigenvalue weighted by Gasteiger charge is -2.27. The summed E-state index contributed by atoms with van der Waals surface area (Å²) in [5.41, 5.74) is 4.05. The fourth-order valence-corrected chi connectivity index (χ4v) is 5.31. The van der Waals surface area contributed by atoms with Crippen molar-refractivity contribution in [3.63, 3.8) is 0 Å². The third-order valence-electron chi connectivity index (χ3n) is 4.98. The highest BCUT2D eigenvalue weighted by Gasteiger charge is 2.14. The van der Waals surface area contributed by atoms with Crippen molar-refractivity contribution < 1.29 is 8.95 Å². The fraction of sp³-hybridized carbons (Fsp3) is 0.130. The monoisotopic (exact) mass is 482 g/mol. The summed E-state index contributed by atoms with van der Waals surface area (Å²) in [6, 6.07) is 18.8. The first-order valence-electron chi connectivity index (χ1n) is 9.95. The summed E-state index contributed by atoms with van der Waals surface area (Å²) in [7, 11) is -1.43. The first kappa shape index (κ1) is 21.2. The maximum Gasteiger partial charge on any atom is 0.150 e. The summed E-state index contributed by atoms with van der Waals surface area (Å²) in [4.78, 5) is 9.59. The molecule has 1 unspecified atom stereocenters. The Morgan fingerprint density at radius 3 is 2.75 bits per heavy atom. The lowest BCUT2D eigenvalue weighted by molar-refractivity contribution is 0.154. The Kier molecular flexibility index (Phi) is 6.27. The van der Waals surface area contributed by atoms with Crippen LogP contribution in [0.4, 0.5) is 11.4 Å². The number of hydrogen-bond acceptors (Lipinski definition) is 6. The topological polar surface area (TPSA) is 67.4 Å². The molecule has 9 heteroatoms. The van der Waals surface area contributed by atoms with E-state index in [9.17, 15) is 4.21 Å². The smallest absolute Gasteiger partial charge is 0.150 e. The molecule has 1 saturated heterocycles. The van der Waals surface area contributed by atoms with Crippen molar-refractivity contribution in [3.05, 3.63) is 78.1 Å². The Balaban J connectivity index is 1.38. The van der Waals surface area contributed by atoms with Gasteiger partial charge in [0.05, 0.1) is 27.7 Å². The number of ether oxygens (including phenoxy) is 1. The van der Waals surface area contributed by atoms with Gasteiger partial charge in [-0.2, -0.15) is 0 Å². The van der Waals surface area contributed by atoms with Gasteiger partial charge in [-0.25, -0.2) is 4.21 Å². The molecule has 0 bridgehead atoms. The first-order valence-corrected chi connectivity index (χ1v) is 12.4. The minimum atomic E-state index is -1.43. The summed E-state index contributed by atoms with van der Waals surface area (Å²) < 4.78 is 23.6. The number of benzene rings is 2. The average molecular weight is 483 g/mol. The van der Waals surface area contributed by atoms with Crippen LogP contribution in [0.25, 0.3) is 22.2 Å². The van der Waals surface area contributed by atoms with Crippen molar-refractivity contribution in [1.29, 1.82) is 0 Å². The lowest BCUT2D eigenvalue weighted by Crippen LogP contribution is -2.25. The Labute approximate surface area is 197 Å². The van der Waals surface area contributed by atoms with Crippen LogP contribution in [0.2, 0.25) is 5.02 Å². The molecule has 32 heavy (non-hydrogen) atoms. The van der Waals surface area contributed by atoms with Crippen molar-refractivity contribution >= 4 is 56.8 Å². The standard InChI is InChI=1S/C23H19ClN4O2S2/c24-21-8-3-16(14-20(21)23-19-2-1-10-25-22(19)9-11-26-23)27-32(29)18-6-4-17(5-7-18)28-15-30-12-13-31-28/h1-11,14,27H,12-13,15H2. The second kappa shape index (κ2) is 9.46. The number of pyridine rings is 2. The molecule has 0 aliphatic carbocycles. The third-order valence-corrected chi connectivity index (χ3v) is 7.41. The van der Waals surface area contributed by atoms with Gasteiger partial charge in [0.1, 0.15) is 17.7 Å². The van der Waals surface area contributed by atoms with Crippen LogP contribution in [-0.4, -0.2) is 33.3 Å². The quantitative estimate of drug-likeness (QED) is 0.377. The minimum Gasteiger partial charge on any atom is -0.359 e. The van der Waals surface area contributed by atoms with E-state index in [2.05, 4.69) is 19.0 Å². The number of nitrogens with zero attached hydrogens (tertiary/aromatic N) is 3. The predicted octanol–water partition coefficient (Wildman–Crippen LogP) is 5.53. The van der Waals surface area contributed by atoms with Gasteiger partial charge in [0.25, 0.3) is 0 Å². The van der Waals surface area contributed by atoms with Gasteiger partial charge in [0, 0.05) is 40.5 Å². The molecule has 2 aromatic carbocycles. The number of aromatic nitrogens is 2. The van der Waals surface area contributed by atoms with E-state index >= 15 is 0 Å². The van der Waals surface area contributed by atoms with Crippen LogP contribution in [0.5, 0.6) is 0 Å². The third kappa shape index (κ3) is 4.45. The summed E-state index contributed by atoms with van der Waals surface area (Å²) in [5, 5.41) is 1.47.